The van der Waals surface area contributed by atoms with E-state index in [1.54, 1.807) is 9.47 Å². The minimum Gasteiger partial charge on any atom is -0.490 e. The zero-order valence-electron chi connectivity index (χ0n) is 29.1. The van der Waals surface area contributed by atoms with Crippen molar-refractivity contribution in [2.24, 2.45) is 0 Å². The molecular weight excluding hydrogens is 717 g/mol. The molecule has 1 fully saturated rings. The lowest BCUT2D eigenvalue weighted by Gasteiger charge is -2.35. The summed E-state index contributed by atoms with van der Waals surface area (Å²) >= 11 is 1.45. The highest BCUT2D eigenvalue weighted by atomic mass is 32.1. The summed E-state index contributed by atoms with van der Waals surface area (Å²) in [7, 11) is 0. The standard InChI is InChI=1S/C38H37F2N9O4S/c39-24-6-8-29(30(40)16-24)38(52,21-47-23-42-22-44-47)19-34(50)46-12-10-25(11-13-46)43-20-28-18-32-36(54-28)45-35(41)37(51)49(32)27-7-9-33-31(17-27)48(14-15-53-33)26-4-2-1-3-5-26/h1-9,16-18,22-23,25,43,52H,10-15,19-21H2,(H2,41,45). The molecule has 4 N–H and O–H groups in total. The predicted octanol–water partition coefficient (Wildman–Crippen LogP) is 4.49. The minimum atomic E-state index is -1.98. The largest absolute Gasteiger partial charge is 0.490 e. The molecule has 2 aliphatic heterocycles. The molecule has 16 heteroatoms. The number of anilines is 3. The van der Waals surface area contributed by atoms with Gasteiger partial charge in [0.15, 0.2) is 5.82 Å². The number of nitrogens with zero attached hydrogens (tertiary/aromatic N) is 7. The van der Waals surface area contributed by atoms with E-state index in [2.05, 4.69) is 25.3 Å². The van der Waals surface area contributed by atoms with Gasteiger partial charge in [0.1, 0.15) is 47.1 Å². The van der Waals surface area contributed by atoms with Crippen molar-refractivity contribution in [1.82, 2.24) is 34.5 Å². The third-order valence-electron chi connectivity index (χ3n) is 9.94. The number of likely N-dealkylation sites (tertiary alicyclic amines) is 1. The van der Waals surface area contributed by atoms with E-state index in [4.69, 9.17) is 10.5 Å². The average molecular weight is 754 g/mol. The van der Waals surface area contributed by atoms with Crippen LogP contribution in [0, 0.1) is 11.6 Å². The molecule has 1 amide bonds. The molecule has 0 bridgehead atoms. The first-order valence-corrected chi connectivity index (χ1v) is 18.4. The van der Waals surface area contributed by atoms with E-state index in [0.29, 0.717) is 67.7 Å². The lowest BCUT2D eigenvalue weighted by atomic mass is 9.88. The second-order valence-electron chi connectivity index (χ2n) is 13.5. The topological polar surface area (TPSA) is 157 Å². The first-order valence-electron chi connectivity index (χ1n) is 17.6. The number of carbonyl (C=O) groups is 1. The summed E-state index contributed by atoms with van der Waals surface area (Å²) in [6, 6.07) is 20.6. The van der Waals surface area contributed by atoms with Crippen LogP contribution in [0.4, 0.5) is 26.0 Å². The van der Waals surface area contributed by atoms with Crippen LogP contribution in [0.15, 0.2) is 90.2 Å². The van der Waals surface area contributed by atoms with E-state index < -0.39 is 29.2 Å². The van der Waals surface area contributed by atoms with Crippen molar-refractivity contribution in [3.8, 4) is 11.4 Å². The number of nitrogens with one attached hydrogen (secondary N) is 1. The van der Waals surface area contributed by atoms with E-state index in [1.165, 1.54) is 28.7 Å². The molecule has 0 aliphatic carbocycles. The molecule has 1 unspecified atom stereocenters. The summed E-state index contributed by atoms with van der Waals surface area (Å²) in [5.41, 5.74) is 6.75. The maximum absolute atomic E-state index is 14.9. The summed E-state index contributed by atoms with van der Waals surface area (Å²) in [5, 5.41) is 19.2. The summed E-state index contributed by atoms with van der Waals surface area (Å²) in [6.45, 7) is 2.32. The highest BCUT2D eigenvalue weighted by Gasteiger charge is 2.38. The first kappa shape index (κ1) is 35.3. The normalized spacial score (nSPS) is 15.9. The molecule has 6 aromatic rings. The summed E-state index contributed by atoms with van der Waals surface area (Å²) in [6.07, 6.45) is 3.50. The Balaban J connectivity index is 0.950. The summed E-state index contributed by atoms with van der Waals surface area (Å²) in [5.74, 6) is -1.45. The van der Waals surface area contributed by atoms with E-state index in [0.717, 1.165) is 34.1 Å². The second-order valence-corrected chi connectivity index (χ2v) is 14.6. The molecule has 8 rings (SSSR count). The van der Waals surface area contributed by atoms with Crippen LogP contribution in [-0.4, -0.2) is 72.5 Å². The van der Waals surface area contributed by atoms with E-state index in [-0.39, 0.29) is 29.9 Å². The monoisotopic (exact) mass is 753 g/mol. The molecule has 13 nitrogen and oxygen atoms in total. The number of hydrogen-bond donors (Lipinski definition) is 3. The number of nitrogens with two attached hydrogens (primary N) is 1. The average Bonchev–Trinajstić information content (AvgIpc) is 3.84. The van der Waals surface area contributed by atoms with Crippen LogP contribution in [0.2, 0.25) is 0 Å². The van der Waals surface area contributed by atoms with Gasteiger partial charge in [0.2, 0.25) is 5.91 Å². The van der Waals surface area contributed by atoms with Crippen molar-refractivity contribution in [2.45, 2.75) is 44.0 Å². The highest BCUT2D eigenvalue weighted by molar-refractivity contribution is 7.18. The first-order chi connectivity index (χ1) is 26.1. The smallest absolute Gasteiger partial charge is 0.298 e. The van der Waals surface area contributed by atoms with Gasteiger partial charge < -0.3 is 30.7 Å². The van der Waals surface area contributed by atoms with Crippen molar-refractivity contribution in [3.05, 3.63) is 118 Å². The Morgan fingerprint density at radius 3 is 2.61 bits per heavy atom. The van der Waals surface area contributed by atoms with Crippen molar-refractivity contribution in [1.29, 1.82) is 0 Å². The zero-order chi connectivity index (χ0) is 37.4. The van der Waals surface area contributed by atoms with Gasteiger partial charge in [-0.25, -0.2) is 23.4 Å². The highest BCUT2D eigenvalue weighted by Crippen LogP contribution is 2.39. The van der Waals surface area contributed by atoms with E-state index >= 15 is 0 Å². The third-order valence-corrected chi connectivity index (χ3v) is 11.0. The third kappa shape index (κ3) is 7.02. The van der Waals surface area contributed by atoms with Gasteiger partial charge in [-0.2, -0.15) is 5.10 Å². The molecule has 3 aromatic carbocycles. The lowest BCUT2D eigenvalue weighted by Crippen LogP contribution is -2.47. The number of halogens is 2. The van der Waals surface area contributed by atoms with Crippen molar-refractivity contribution in [3.63, 3.8) is 0 Å². The van der Waals surface area contributed by atoms with Crippen LogP contribution < -0.4 is 26.2 Å². The molecule has 0 spiro atoms. The zero-order valence-corrected chi connectivity index (χ0v) is 29.9. The molecule has 3 aromatic heterocycles. The molecule has 278 valence electrons. The summed E-state index contributed by atoms with van der Waals surface area (Å²) < 4.78 is 37.4. The Morgan fingerprint density at radius 2 is 1.85 bits per heavy atom. The lowest BCUT2D eigenvalue weighted by molar-refractivity contribution is -0.139. The molecular formula is C38H37F2N9O4S. The quantitative estimate of drug-likeness (QED) is 0.182. The van der Waals surface area contributed by atoms with Crippen LogP contribution in [0.5, 0.6) is 5.75 Å². The fourth-order valence-corrected chi connectivity index (χ4v) is 8.21. The molecule has 54 heavy (non-hydrogen) atoms. The number of piperidine rings is 1. The van der Waals surface area contributed by atoms with Crippen LogP contribution in [0.3, 0.4) is 0 Å². The van der Waals surface area contributed by atoms with Crippen LogP contribution in [-0.2, 0) is 23.5 Å². The second kappa shape index (κ2) is 14.6. The van der Waals surface area contributed by atoms with Crippen LogP contribution in [0.25, 0.3) is 16.0 Å². The number of amides is 1. The van der Waals surface area contributed by atoms with Crippen LogP contribution in [0.1, 0.15) is 29.7 Å². The number of ether oxygens (including phenoxy) is 1. The fraction of sp³-hybridized carbons (Fsp3) is 0.289. The number of aromatic nitrogens is 5. The fourth-order valence-electron chi connectivity index (χ4n) is 7.23. The summed E-state index contributed by atoms with van der Waals surface area (Å²) in [4.78, 5) is 40.7. The maximum Gasteiger partial charge on any atom is 0.298 e. The Kier molecular flexibility index (Phi) is 9.56. The van der Waals surface area contributed by atoms with Crippen molar-refractivity contribution in [2.75, 3.05) is 36.9 Å². The van der Waals surface area contributed by atoms with E-state index in [1.807, 2.05) is 54.6 Å². The van der Waals surface area contributed by atoms with E-state index in [9.17, 15) is 23.5 Å². The SMILES string of the molecule is Nc1nc2sc(CNC3CCN(C(=O)CC(O)(Cn4cncn4)c4ccc(F)cc4F)CC3)cc2n(-c2ccc3c(c2)N(c2ccccc2)CCO3)c1=O. The van der Waals surface area contributed by atoms with Gasteiger partial charge in [-0.15, -0.1) is 11.3 Å². The Bertz CT molecular complexity index is 2360. The molecule has 5 heterocycles. The number of rotatable bonds is 10. The van der Waals surface area contributed by atoms with Gasteiger partial charge in [-0.05, 0) is 55.3 Å². The van der Waals surface area contributed by atoms with Gasteiger partial charge in [0.25, 0.3) is 5.56 Å². The number of carbonyl (C=O) groups excluding carboxylic acids is 1. The number of aliphatic hydroxyl groups is 1. The number of para-hydroxylation sites is 1. The van der Waals surface area contributed by atoms with Gasteiger partial charge in [-0.1, -0.05) is 24.3 Å². The Morgan fingerprint density at radius 1 is 1.04 bits per heavy atom. The molecule has 1 saturated heterocycles. The number of nitrogen functional groups attached to an aromatic ring is 1. The minimum absolute atomic E-state index is 0.0904. The van der Waals surface area contributed by atoms with Gasteiger partial charge in [-0.3, -0.25) is 14.2 Å². The van der Waals surface area contributed by atoms with Crippen LogP contribution >= 0.6 is 11.3 Å². The van der Waals surface area contributed by atoms with Gasteiger partial charge >= 0.3 is 0 Å². The molecule has 2 aliphatic rings. The Hall–Kier alpha value is -5.71. The number of benzene rings is 3. The Labute approximate surface area is 312 Å². The number of fused-ring (bicyclic) bond motifs is 2. The van der Waals surface area contributed by atoms with Gasteiger partial charge in [0, 0.05) is 47.9 Å². The molecule has 0 radical (unpaired) electrons. The van der Waals surface area contributed by atoms with Crippen molar-refractivity contribution < 1.29 is 23.4 Å². The predicted molar refractivity (Wildman–Crippen MR) is 200 cm³/mol. The van der Waals surface area contributed by atoms with Crippen molar-refractivity contribution >= 4 is 44.8 Å². The number of hydrogen-bond acceptors (Lipinski definition) is 11. The maximum atomic E-state index is 14.9. The molecule has 0 saturated carbocycles. The van der Waals surface area contributed by atoms with Gasteiger partial charge in [0.05, 0.1) is 36.4 Å². The number of thiophene rings is 1. The molecule has 1 atom stereocenters.